The second kappa shape index (κ2) is 69.5. The van der Waals surface area contributed by atoms with E-state index in [9.17, 15) is 19.5 Å². The molecule has 1 N–H and O–H groups in total. The summed E-state index contributed by atoms with van der Waals surface area (Å²) in [5, 5.41) is 9.74. The van der Waals surface area contributed by atoms with Gasteiger partial charge >= 0.3 is 17.9 Å². The third-order valence-electron chi connectivity index (χ3n) is 13.7. The number of unbranched alkanes of at least 4 members (excludes halogenated alkanes) is 10. The van der Waals surface area contributed by atoms with Crippen molar-refractivity contribution in [3.8, 4) is 0 Å². The molecule has 0 saturated carbocycles. The van der Waals surface area contributed by atoms with Crippen LogP contribution in [0.1, 0.15) is 219 Å². The number of carboxylic acids is 1. The lowest BCUT2D eigenvalue weighted by Crippen LogP contribution is -2.40. The van der Waals surface area contributed by atoms with E-state index in [1.54, 1.807) is 0 Å². The Morgan fingerprint density at radius 3 is 0.879 bits per heavy atom. The van der Waals surface area contributed by atoms with E-state index >= 15 is 0 Å². The Morgan fingerprint density at radius 1 is 0.330 bits per heavy atom. The molecule has 0 bridgehead atoms. The maximum atomic E-state index is 12.9. The smallest absolute Gasteiger partial charge is 0.361 e. The molecule has 0 rings (SSSR count). The molecule has 9 nitrogen and oxygen atoms in total. The summed E-state index contributed by atoms with van der Waals surface area (Å²) in [4.78, 5) is 37.6. The van der Waals surface area contributed by atoms with Gasteiger partial charge in [0.1, 0.15) is 13.2 Å². The molecule has 0 aliphatic heterocycles. The van der Waals surface area contributed by atoms with Gasteiger partial charge in [0.25, 0.3) is 6.29 Å². The number of carboxylic acid groups (broad SMARTS) is 1. The summed E-state index contributed by atoms with van der Waals surface area (Å²) in [5.41, 5.74) is 0. The van der Waals surface area contributed by atoms with Gasteiger partial charge in [0.2, 0.25) is 0 Å². The molecule has 0 spiro atoms. The van der Waals surface area contributed by atoms with Crippen LogP contribution in [0.5, 0.6) is 0 Å². The molecule has 0 aliphatic rings. The average molecular weight is 1250 g/mol. The van der Waals surface area contributed by atoms with Crippen molar-refractivity contribution in [2.45, 2.75) is 232 Å². The first-order chi connectivity index (χ1) is 44.6. The van der Waals surface area contributed by atoms with Crippen LogP contribution in [-0.2, 0) is 33.3 Å². The number of likely N-dealkylation sites (N-methyl/N-ethyl adjacent to an activating group) is 1. The maximum absolute atomic E-state index is 12.9. The SMILES string of the molecule is CC/C=C\C/C=C\C/C=C\C/C=C\C/C=C\C/C=C\C/C=C\C/C=C\C/C=C\C/C=C\C/C=C\CCCCCCCC(=O)OC(COC(=O)CCCCCCC/C=C\C/C=C\C/C=C\C/C=C\C/C=C\C/C=C\C/C=C\CC)COC(OCC[N+](C)(C)C)C(=O)O. The van der Waals surface area contributed by atoms with E-state index < -0.39 is 24.3 Å². The highest BCUT2D eigenvalue weighted by Gasteiger charge is 2.25. The number of quaternary nitrogens is 1. The highest BCUT2D eigenvalue weighted by molar-refractivity contribution is 5.71. The summed E-state index contributed by atoms with van der Waals surface area (Å²) < 4.78 is 22.9. The number of hydrogen-bond acceptors (Lipinski definition) is 7. The molecule has 0 aromatic carbocycles. The van der Waals surface area contributed by atoms with Gasteiger partial charge < -0.3 is 28.5 Å². The lowest BCUT2D eigenvalue weighted by atomic mass is 10.1. The van der Waals surface area contributed by atoms with Crippen LogP contribution in [-0.4, -0.2) is 87.4 Å². The minimum Gasteiger partial charge on any atom is -0.477 e. The van der Waals surface area contributed by atoms with Crippen LogP contribution >= 0.6 is 0 Å². The van der Waals surface area contributed by atoms with E-state index in [4.69, 9.17) is 18.9 Å². The van der Waals surface area contributed by atoms with E-state index in [0.717, 1.165) is 180 Å². The van der Waals surface area contributed by atoms with Crippen LogP contribution in [0.25, 0.3) is 0 Å². The van der Waals surface area contributed by atoms with Crippen LogP contribution in [0.3, 0.4) is 0 Å². The third-order valence-corrected chi connectivity index (χ3v) is 13.7. The molecular weight excluding hydrogens is 1130 g/mol. The fourth-order valence-corrected chi connectivity index (χ4v) is 8.47. The molecule has 0 heterocycles. The number of carbonyl (C=O) groups excluding carboxylic acids is 2. The molecule has 0 aromatic heterocycles. The lowest BCUT2D eigenvalue weighted by molar-refractivity contribution is -0.870. The minimum absolute atomic E-state index is 0.167. The normalized spacial score (nSPS) is 14.1. The summed E-state index contributed by atoms with van der Waals surface area (Å²) >= 11 is 0. The molecule has 0 saturated heterocycles. The van der Waals surface area contributed by atoms with Crippen molar-refractivity contribution in [1.82, 2.24) is 0 Å². The van der Waals surface area contributed by atoms with Crippen LogP contribution < -0.4 is 0 Å². The van der Waals surface area contributed by atoms with Gasteiger partial charge in [0.15, 0.2) is 6.10 Å². The number of allylic oxidation sites excluding steroid dienone is 36. The van der Waals surface area contributed by atoms with Crippen molar-refractivity contribution >= 4 is 17.9 Å². The Kier molecular flexibility index (Phi) is 64.6. The minimum atomic E-state index is -1.54. The Bertz CT molecular complexity index is 2300. The van der Waals surface area contributed by atoms with E-state index in [2.05, 4.69) is 233 Å². The van der Waals surface area contributed by atoms with Gasteiger partial charge in [-0.3, -0.25) is 9.59 Å². The summed E-state index contributed by atoms with van der Waals surface area (Å²) in [6.45, 7) is 4.56. The maximum Gasteiger partial charge on any atom is 0.361 e. The van der Waals surface area contributed by atoms with Gasteiger partial charge in [0, 0.05) is 12.8 Å². The van der Waals surface area contributed by atoms with Gasteiger partial charge in [-0.25, -0.2) is 4.79 Å². The monoisotopic (exact) mass is 1250 g/mol. The number of ether oxygens (including phenoxy) is 4. The Morgan fingerprint density at radius 2 is 0.593 bits per heavy atom. The zero-order valence-electron chi connectivity index (χ0n) is 57.6. The molecule has 91 heavy (non-hydrogen) atoms. The second-order valence-electron chi connectivity index (χ2n) is 23.4. The second-order valence-corrected chi connectivity index (χ2v) is 23.4. The Hall–Kier alpha value is -6.39. The molecule has 0 aliphatic carbocycles. The first-order valence-electron chi connectivity index (χ1n) is 34.9. The van der Waals surface area contributed by atoms with Crippen LogP contribution in [0.2, 0.25) is 0 Å². The highest BCUT2D eigenvalue weighted by Crippen LogP contribution is 2.13. The quantitative estimate of drug-likeness (QED) is 0.0211. The third kappa shape index (κ3) is 70.9. The van der Waals surface area contributed by atoms with Crippen molar-refractivity contribution in [3.63, 3.8) is 0 Å². The molecular formula is C82H126NO8+. The topological polar surface area (TPSA) is 108 Å². The van der Waals surface area contributed by atoms with E-state index in [0.29, 0.717) is 23.9 Å². The van der Waals surface area contributed by atoms with Crippen molar-refractivity contribution < 1.29 is 42.9 Å². The first kappa shape index (κ1) is 84.6. The Labute approximate surface area is 556 Å². The molecule has 0 fully saturated rings. The zero-order valence-corrected chi connectivity index (χ0v) is 57.6. The van der Waals surface area contributed by atoms with Crippen LogP contribution in [0.15, 0.2) is 219 Å². The average Bonchev–Trinajstić information content (AvgIpc) is 3.46. The van der Waals surface area contributed by atoms with Crippen LogP contribution in [0, 0.1) is 0 Å². The van der Waals surface area contributed by atoms with Crippen molar-refractivity contribution in [2.75, 3.05) is 47.5 Å². The molecule has 0 radical (unpaired) electrons. The zero-order chi connectivity index (χ0) is 66.1. The summed E-state index contributed by atoms with van der Waals surface area (Å²) in [7, 11) is 5.94. The summed E-state index contributed by atoms with van der Waals surface area (Å²) in [6.07, 6.45) is 107. The fourth-order valence-electron chi connectivity index (χ4n) is 8.47. The molecule has 0 amide bonds. The Balaban J connectivity index is 4.31. The van der Waals surface area contributed by atoms with E-state index in [1.807, 2.05) is 21.1 Å². The predicted molar refractivity (Wildman–Crippen MR) is 391 cm³/mol. The molecule has 0 aromatic rings. The van der Waals surface area contributed by atoms with Crippen molar-refractivity contribution in [1.29, 1.82) is 0 Å². The van der Waals surface area contributed by atoms with Gasteiger partial charge in [-0.05, 0) is 154 Å². The highest BCUT2D eigenvalue weighted by atomic mass is 16.7. The number of hydrogen-bond donors (Lipinski definition) is 1. The molecule has 2 atom stereocenters. The summed E-state index contributed by atoms with van der Waals surface area (Å²) in [6, 6.07) is 0. The fraction of sp³-hybridized carbons (Fsp3) is 0.524. The van der Waals surface area contributed by atoms with E-state index in [1.165, 1.54) is 0 Å². The molecule has 506 valence electrons. The molecule has 2 unspecified atom stereocenters. The standard InChI is InChI=1S/C82H125NO8/c1-6-8-10-12-14-16-18-20-22-24-26-28-30-32-34-35-36-37-38-39-40-41-42-43-44-45-47-49-51-53-55-57-59-61-63-65-67-69-71-73-80(85)91-78(77-90-82(81(86)87)88-75-74-83(3,4)5)76-89-79(84)72-70-68-66-64-62-60-58-56-54-52-50-48-46-33-31-29-27-25-23-21-19-17-15-13-11-9-7-2/h8-11,14-17,20-23,26-29,32-34,36-37,39-40,42-43,45-47,50-53,56-59,78,82H,6-7,12-13,18-19,24-25,30-31,35,38,41,44,48-49,54-55,60-77H2,1-5H3/p+1/b10-8-,11-9-,16-14-,17-15-,22-20-,23-21-,28-26-,29-27-,34-32-,37-36-,40-39-,43-42-,46-33-,47-45-,52-50-,53-51-,58-56-,59-57-. The number of aliphatic carboxylic acids is 1. The lowest BCUT2D eigenvalue weighted by Gasteiger charge is -2.25. The van der Waals surface area contributed by atoms with Gasteiger partial charge in [-0.15, -0.1) is 0 Å². The summed E-state index contributed by atoms with van der Waals surface area (Å²) in [5.74, 6) is -2.09. The number of rotatable bonds is 61. The predicted octanol–water partition coefficient (Wildman–Crippen LogP) is 22.1. The van der Waals surface area contributed by atoms with Gasteiger partial charge in [0.05, 0.1) is 34.4 Å². The van der Waals surface area contributed by atoms with Gasteiger partial charge in [-0.1, -0.05) is 271 Å². The number of esters is 2. The molecule has 9 heteroatoms. The largest absolute Gasteiger partial charge is 0.477 e. The van der Waals surface area contributed by atoms with Crippen LogP contribution in [0.4, 0.5) is 0 Å². The first-order valence-corrected chi connectivity index (χ1v) is 34.9. The van der Waals surface area contributed by atoms with E-state index in [-0.39, 0.29) is 38.6 Å². The number of nitrogens with zero attached hydrogens (tertiary/aromatic N) is 1. The number of carbonyl (C=O) groups is 3. The van der Waals surface area contributed by atoms with Crippen molar-refractivity contribution in [3.05, 3.63) is 219 Å². The van der Waals surface area contributed by atoms with Crippen molar-refractivity contribution in [2.24, 2.45) is 0 Å². The van der Waals surface area contributed by atoms with Gasteiger partial charge in [-0.2, -0.15) is 0 Å².